The molecular formula is C23H23N5O5S. The molecule has 1 saturated heterocycles. The predicted octanol–water partition coefficient (Wildman–Crippen LogP) is 2.64. The molecule has 1 aromatic carbocycles. The van der Waals surface area contributed by atoms with E-state index in [4.69, 9.17) is 9.26 Å². The molecule has 11 heteroatoms. The third kappa shape index (κ3) is 4.26. The Kier molecular flexibility index (Phi) is 5.78. The molecule has 5 rings (SSSR count). The number of carbonyl (C=O) groups is 3. The van der Waals surface area contributed by atoms with E-state index >= 15 is 0 Å². The van der Waals surface area contributed by atoms with Gasteiger partial charge in [0.15, 0.2) is 10.8 Å². The van der Waals surface area contributed by atoms with Crippen LogP contribution >= 0.6 is 11.3 Å². The van der Waals surface area contributed by atoms with Gasteiger partial charge in [0.1, 0.15) is 11.5 Å². The maximum absolute atomic E-state index is 13.2. The van der Waals surface area contributed by atoms with Gasteiger partial charge in [-0.2, -0.15) is 0 Å². The number of thiazole rings is 1. The number of aromatic nitrogens is 2. The molecule has 1 fully saturated rings. The van der Waals surface area contributed by atoms with Crippen molar-refractivity contribution in [3.63, 3.8) is 0 Å². The molecule has 0 radical (unpaired) electrons. The van der Waals surface area contributed by atoms with E-state index in [1.165, 1.54) is 11.3 Å². The van der Waals surface area contributed by atoms with Crippen LogP contribution in [0.1, 0.15) is 33.2 Å². The van der Waals surface area contributed by atoms with Gasteiger partial charge in [-0.25, -0.2) is 4.98 Å². The lowest BCUT2D eigenvalue weighted by Crippen LogP contribution is -2.40. The molecule has 34 heavy (non-hydrogen) atoms. The molecule has 4 heterocycles. The van der Waals surface area contributed by atoms with Gasteiger partial charge in [0.05, 0.1) is 25.3 Å². The summed E-state index contributed by atoms with van der Waals surface area (Å²) in [4.78, 5) is 47.0. The third-order valence-corrected chi connectivity index (χ3v) is 6.98. The van der Waals surface area contributed by atoms with Crippen LogP contribution in [-0.4, -0.2) is 53.0 Å². The van der Waals surface area contributed by atoms with Gasteiger partial charge in [-0.1, -0.05) is 16.5 Å². The van der Waals surface area contributed by atoms with E-state index in [0.29, 0.717) is 42.7 Å². The van der Waals surface area contributed by atoms with E-state index < -0.39 is 5.92 Å². The molecule has 3 aromatic rings. The van der Waals surface area contributed by atoms with Gasteiger partial charge in [-0.05, 0) is 31.2 Å². The molecule has 0 bridgehead atoms. The largest absolute Gasteiger partial charge is 0.497 e. The number of hydrogen-bond donors (Lipinski definition) is 1. The van der Waals surface area contributed by atoms with Crippen LogP contribution in [0.25, 0.3) is 0 Å². The van der Waals surface area contributed by atoms with Gasteiger partial charge >= 0.3 is 0 Å². The maximum Gasteiger partial charge on any atom is 0.279 e. The van der Waals surface area contributed by atoms with E-state index in [1.807, 2.05) is 12.1 Å². The summed E-state index contributed by atoms with van der Waals surface area (Å²) in [5.74, 6) is 0.383. The number of anilines is 2. The zero-order valence-corrected chi connectivity index (χ0v) is 19.6. The van der Waals surface area contributed by atoms with Crippen LogP contribution in [0.15, 0.2) is 34.9 Å². The van der Waals surface area contributed by atoms with Crippen molar-refractivity contribution in [3.8, 4) is 5.75 Å². The van der Waals surface area contributed by atoms with Crippen LogP contribution < -0.4 is 15.0 Å². The average Bonchev–Trinajstić information content (AvgIpc) is 3.56. The fourth-order valence-electron chi connectivity index (χ4n) is 4.21. The number of carbonyl (C=O) groups excluding carboxylic acids is 3. The highest BCUT2D eigenvalue weighted by molar-refractivity contribution is 7.15. The summed E-state index contributed by atoms with van der Waals surface area (Å²) in [6, 6.07) is 8.80. The van der Waals surface area contributed by atoms with Gasteiger partial charge in [0.25, 0.3) is 5.91 Å². The summed E-state index contributed by atoms with van der Waals surface area (Å²) in [5, 5.41) is 6.93. The highest BCUT2D eigenvalue weighted by atomic mass is 32.1. The van der Waals surface area contributed by atoms with Gasteiger partial charge in [0, 0.05) is 42.6 Å². The summed E-state index contributed by atoms with van der Waals surface area (Å²) >= 11 is 1.35. The second kappa shape index (κ2) is 8.90. The number of aryl methyl sites for hydroxylation is 1. The summed E-state index contributed by atoms with van der Waals surface area (Å²) in [5.41, 5.74) is 1.82. The molecule has 10 nitrogen and oxygen atoms in total. The first-order chi connectivity index (χ1) is 16.4. The van der Waals surface area contributed by atoms with Crippen molar-refractivity contribution >= 4 is 39.9 Å². The van der Waals surface area contributed by atoms with E-state index in [2.05, 4.69) is 15.5 Å². The normalized spacial score (nSPS) is 17.6. The SMILES string of the molecule is COc1ccc(N2CC(C(=O)N3CCc4nc(NC(=O)c5cc(C)on5)sc4C3)CC2=O)cc1. The Bertz CT molecular complexity index is 1250. The number of amides is 3. The van der Waals surface area contributed by atoms with E-state index in [0.717, 1.165) is 16.3 Å². The Labute approximate surface area is 199 Å². The van der Waals surface area contributed by atoms with E-state index in [9.17, 15) is 14.4 Å². The van der Waals surface area contributed by atoms with Crippen LogP contribution in [0.3, 0.4) is 0 Å². The van der Waals surface area contributed by atoms with Gasteiger partial charge < -0.3 is 19.1 Å². The van der Waals surface area contributed by atoms with Crippen LogP contribution in [0.2, 0.25) is 0 Å². The smallest absolute Gasteiger partial charge is 0.279 e. The van der Waals surface area contributed by atoms with Crippen molar-refractivity contribution in [2.45, 2.75) is 26.3 Å². The Morgan fingerprint density at radius 2 is 2.06 bits per heavy atom. The molecule has 3 amide bonds. The summed E-state index contributed by atoms with van der Waals surface area (Å²) in [6.45, 7) is 3.01. The van der Waals surface area contributed by atoms with Gasteiger partial charge in [0.2, 0.25) is 11.8 Å². The van der Waals surface area contributed by atoms with Crippen molar-refractivity contribution in [2.24, 2.45) is 5.92 Å². The number of hydrogen-bond acceptors (Lipinski definition) is 8. The first kappa shape index (κ1) is 22.1. The van der Waals surface area contributed by atoms with Crippen LogP contribution in [0, 0.1) is 12.8 Å². The summed E-state index contributed by atoms with van der Waals surface area (Å²) < 4.78 is 10.1. The zero-order chi connectivity index (χ0) is 23.8. The Morgan fingerprint density at radius 3 is 2.76 bits per heavy atom. The first-order valence-electron chi connectivity index (χ1n) is 10.9. The number of methoxy groups -OCH3 is 1. The van der Waals surface area contributed by atoms with Crippen molar-refractivity contribution in [1.82, 2.24) is 15.0 Å². The number of nitrogens with zero attached hydrogens (tertiary/aromatic N) is 4. The molecule has 176 valence electrons. The minimum absolute atomic E-state index is 0.0351. The Morgan fingerprint density at radius 1 is 1.26 bits per heavy atom. The Balaban J connectivity index is 1.23. The molecule has 0 aliphatic carbocycles. The second-order valence-corrected chi connectivity index (χ2v) is 9.36. The molecule has 0 saturated carbocycles. The van der Waals surface area contributed by atoms with E-state index in [1.54, 1.807) is 42.0 Å². The zero-order valence-electron chi connectivity index (χ0n) is 18.7. The average molecular weight is 482 g/mol. The Hall–Kier alpha value is -3.73. The summed E-state index contributed by atoms with van der Waals surface area (Å²) in [7, 11) is 1.59. The monoisotopic (exact) mass is 481 g/mol. The fraction of sp³-hybridized carbons (Fsp3) is 0.348. The van der Waals surface area contributed by atoms with Crippen LogP contribution in [0.5, 0.6) is 5.75 Å². The van der Waals surface area contributed by atoms with Crippen molar-refractivity contribution < 1.29 is 23.6 Å². The lowest BCUT2D eigenvalue weighted by Gasteiger charge is -2.28. The molecule has 2 aliphatic heterocycles. The first-order valence-corrected chi connectivity index (χ1v) is 11.7. The minimum atomic E-state index is -0.390. The quantitative estimate of drug-likeness (QED) is 0.595. The van der Waals surface area contributed by atoms with Gasteiger partial charge in [-0.15, -0.1) is 0 Å². The lowest BCUT2D eigenvalue weighted by molar-refractivity contribution is -0.136. The standard InChI is InChI=1S/C23H23N5O5S/c1-13-9-18(26-33-13)21(30)25-23-24-17-7-8-27(12-19(17)34-23)22(31)14-10-20(29)28(11-14)15-3-5-16(32-2)6-4-15/h3-6,9,14H,7-8,10-12H2,1-2H3,(H,24,25,30). The molecule has 1 N–H and O–H groups in total. The number of nitrogens with one attached hydrogen (secondary N) is 1. The minimum Gasteiger partial charge on any atom is -0.497 e. The topological polar surface area (TPSA) is 118 Å². The second-order valence-electron chi connectivity index (χ2n) is 8.28. The molecular weight excluding hydrogens is 458 g/mol. The van der Waals surface area contributed by atoms with Crippen molar-refractivity contribution in [2.75, 3.05) is 30.4 Å². The molecule has 1 atom stereocenters. The molecule has 2 aliphatic rings. The van der Waals surface area contributed by atoms with Gasteiger partial charge in [-0.3, -0.25) is 19.7 Å². The molecule has 1 unspecified atom stereocenters. The van der Waals surface area contributed by atoms with E-state index in [-0.39, 0.29) is 29.8 Å². The molecule has 2 aromatic heterocycles. The maximum atomic E-state index is 13.2. The highest BCUT2D eigenvalue weighted by Crippen LogP contribution is 2.32. The van der Waals surface area contributed by atoms with Crippen molar-refractivity contribution in [1.29, 1.82) is 0 Å². The predicted molar refractivity (Wildman–Crippen MR) is 124 cm³/mol. The third-order valence-electron chi connectivity index (χ3n) is 5.98. The summed E-state index contributed by atoms with van der Waals surface area (Å²) in [6.07, 6.45) is 0.786. The number of rotatable bonds is 5. The van der Waals surface area contributed by atoms with Crippen LogP contribution in [0.4, 0.5) is 10.8 Å². The van der Waals surface area contributed by atoms with Crippen LogP contribution in [-0.2, 0) is 22.6 Å². The molecule has 0 spiro atoms. The number of ether oxygens (including phenoxy) is 1. The lowest BCUT2D eigenvalue weighted by atomic mass is 10.1. The number of benzene rings is 1. The highest BCUT2D eigenvalue weighted by Gasteiger charge is 2.38. The fourth-order valence-corrected chi connectivity index (χ4v) is 5.23. The van der Waals surface area contributed by atoms with Crippen molar-refractivity contribution in [3.05, 3.63) is 52.4 Å². The number of fused-ring (bicyclic) bond motifs is 1.